The van der Waals surface area contributed by atoms with Crippen LogP contribution >= 0.6 is 11.6 Å². The van der Waals surface area contributed by atoms with Crippen LogP contribution in [0.3, 0.4) is 0 Å². The van der Waals surface area contributed by atoms with E-state index in [9.17, 15) is 9.59 Å². The number of nitrogens with zero attached hydrogens (tertiary/aromatic N) is 1. The maximum absolute atomic E-state index is 12.2. The number of nitrogens with one attached hydrogen (secondary N) is 3. The van der Waals surface area contributed by atoms with E-state index in [1.54, 1.807) is 17.0 Å². The maximum Gasteiger partial charge on any atom is 0.279 e. The van der Waals surface area contributed by atoms with Gasteiger partial charge in [-0.25, -0.2) is 0 Å². The Morgan fingerprint density at radius 2 is 1.68 bits per heavy atom. The zero-order valence-corrected chi connectivity index (χ0v) is 16.0. The molecule has 2 rings (SSSR count). The minimum Gasteiger partial charge on any atom is -0.338 e. The highest BCUT2D eigenvalue weighted by atomic mass is 35.5. The first-order valence-electron chi connectivity index (χ1n) is 8.84. The average Bonchev–Trinajstić information content (AvgIpc) is 2.57. The molecule has 0 aromatic heterocycles. The Balaban J connectivity index is 1.74. The second-order valence-electron chi connectivity index (χ2n) is 6.98. The molecular weight excluding hydrogens is 340 g/mol. The van der Waals surface area contributed by atoms with Crippen molar-refractivity contribution >= 4 is 29.1 Å². The Kier molecular flexibility index (Phi) is 7.23. The van der Waals surface area contributed by atoms with Crippen LogP contribution in [0.15, 0.2) is 24.3 Å². The van der Waals surface area contributed by atoms with Gasteiger partial charge in [-0.05, 0) is 26.0 Å². The van der Waals surface area contributed by atoms with E-state index in [-0.39, 0.29) is 17.9 Å². The number of carbonyl (C=O) groups is 2. The van der Waals surface area contributed by atoms with Gasteiger partial charge >= 0.3 is 0 Å². The van der Waals surface area contributed by atoms with Crippen LogP contribution in [-0.2, 0) is 9.59 Å². The third-order valence-corrected chi connectivity index (χ3v) is 5.12. The number of quaternary nitrogens is 2. The maximum atomic E-state index is 12.2. The standard InChI is InChI=1S/C18H27ClN4O2/c1-14(2)21(3)18(25)13-23-10-8-22(9-11-23)12-17(24)20-16-7-5-4-6-15(16)19/h4-7,14H,8-13H2,1-3H3,(H,20,24)/p+2. The van der Waals surface area contributed by atoms with Crippen LogP contribution < -0.4 is 15.1 Å². The van der Waals surface area contributed by atoms with Crippen LogP contribution in [0, 0.1) is 0 Å². The molecule has 0 aliphatic carbocycles. The molecule has 3 N–H and O–H groups in total. The molecule has 6 nitrogen and oxygen atoms in total. The number of hydrogen-bond donors (Lipinski definition) is 3. The fourth-order valence-electron chi connectivity index (χ4n) is 2.92. The van der Waals surface area contributed by atoms with E-state index >= 15 is 0 Å². The van der Waals surface area contributed by atoms with Gasteiger partial charge in [0.25, 0.3) is 11.8 Å². The lowest BCUT2D eigenvalue weighted by atomic mass is 10.2. The molecule has 1 aromatic carbocycles. The van der Waals surface area contributed by atoms with Gasteiger partial charge < -0.3 is 20.0 Å². The lowest BCUT2D eigenvalue weighted by Gasteiger charge is -2.30. The molecular formula is C18H29ClN4O2+2. The minimum atomic E-state index is -0.0258. The summed E-state index contributed by atoms with van der Waals surface area (Å²) in [4.78, 5) is 28.7. The Morgan fingerprint density at radius 3 is 2.24 bits per heavy atom. The Morgan fingerprint density at radius 1 is 1.12 bits per heavy atom. The van der Waals surface area contributed by atoms with E-state index in [1.165, 1.54) is 9.80 Å². The van der Waals surface area contributed by atoms with Crippen LogP contribution in [0.2, 0.25) is 5.02 Å². The van der Waals surface area contributed by atoms with E-state index in [0.29, 0.717) is 23.8 Å². The summed E-state index contributed by atoms with van der Waals surface area (Å²) in [7, 11) is 1.85. The summed E-state index contributed by atoms with van der Waals surface area (Å²) in [5, 5.41) is 3.42. The molecule has 0 unspecified atom stereocenters. The van der Waals surface area contributed by atoms with Gasteiger partial charge in [-0.3, -0.25) is 9.59 Å². The van der Waals surface area contributed by atoms with E-state index in [2.05, 4.69) is 5.32 Å². The van der Waals surface area contributed by atoms with Gasteiger partial charge in [0.2, 0.25) is 0 Å². The van der Waals surface area contributed by atoms with E-state index in [1.807, 2.05) is 33.0 Å². The fourth-order valence-corrected chi connectivity index (χ4v) is 3.10. The number of benzene rings is 1. The van der Waals surface area contributed by atoms with Gasteiger partial charge in [-0.2, -0.15) is 0 Å². The number of amides is 2. The summed E-state index contributed by atoms with van der Waals surface area (Å²) in [6, 6.07) is 7.48. The molecule has 0 saturated carbocycles. The minimum absolute atomic E-state index is 0.0258. The highest BCUT2D eigenvalue weighted by Gasteiger charge is 2.27. The predicted octanol–water partition coefficient (Wildman–Crippen LogP) is -1.07. The van der Waals surface area contributed by atoms with Crippen molar-refractivity contribution in [3.05, 3.63) is 29.3 Å². The number of likely N-dealkylation sites (N-methyl/N-ethyl adjacent to an activating group) is 1. The highest BCUT2D eigenvalue weighted by molar-refractivity contribution is 6.33. The van der Waals surface area contributed by atoms with Crippen LogP contribution in [-0.4, -0.2) is 69.1 Å². The second-order valence-corrected chi connectivity index (χ2v) is 7.39. The Bertz CT molecular complexity index is 600. The molecule has 0 spiro atoms. The number of piperazine rings is 1. The quantitative estimate of drug-likeness (QED) is 0.599. The Hall–Kier alpha value is -1.63. The van der Waals surface area contributed by atoms with Gasteiger partial charge in [-0.1, -0.05) is 23.7 Å². The predicted molar refractivity (Wildman–Crippen MR) is 99.1 cm³/mol. The number of hydrogen-bond acceptors (Lipinski definition) is 2. The molecule has 0 atom stereocenters. The van der Waals surface area contributed by atoms with Crippen molar-refractivity contribution in [2.45, 2.75) is 19.9 Å². The summed E-state index contributed by atoms with van der Waals surface area (Å²) in [6.45, 7) is 8.61. The highest BCUT2D eigenvalue weighted by Crippen LogP contribution is 2.19. The molecule has 1 fully saturated rings. The lowest BCUT2D eigenvalue weighted by molar-refractivity contribution is -1.00. The van der Waals surface area contributed by atoms with Crippen molar-refractivity contribution in [2.75, 3.05) is 51.6 Å². The first kappa shape index (κ1) is 19.7. The van der Waals surface area contributed by atoms with E-state index < -0.39 is 0 Å². The molecule has 1 aliphatic rings. The topological polar surface area (TPSA) is 58.3 Å². The van der Waals surface area contributed by atoms with E-state index in [4.69, 9.17) is 11.6 Å². The largest absolute Gasteiger partial charge is 0.338 e. The van der Waals surface area contributed by atoms with Gasteiger partial charge in [0.1, 0.15) is 26.2 Å². The van der Waals surface area contributed by atoms with Crippen LogP contribution in [0.4, 0.5) is 5.69 Å². The molecule has 0 bridgehead atoms. The van der Waals surface area contributed by atoms with Crippen molar-refractivity contribution < 1.29 is 19.4 Å². The first-order chi connectivity index (χ1) is 11.9. The van der Waals surface area contributed by atoms with Crippen molar-refractivity contribution in [3.63, 3.8) is 0 Å². The Labute approximate surface area is 154 Å². The van der Waals surface area contributed by atoms with Crippen LogP contribution in [0.5, 0.6) is 0 Å². The molecule has 7 heteroatoms. The van der Waals surface area contributed by atoms with Crippen LogP contribution in [0.25, 0.3) is 0 Å². The van der Waals surface area contributed by atoms with Gasteiger partial charge in [-0.15, -0.1) is 0 Å². The summed E-state index contributed by atoms with van der Waals surface area (Å²) in [5.74, 6) is 0.159. The fraction of sp³-hybridized carbons (Fsp3) is 0.556. The number of para-hydroxylation sites is 1. The number of rotatable bonds is 6. The van der Waals surface area contributed by atoms with Crippen molar-refractivity contribution in [1.29, 1.82) is 0 Å². The second kappa shape index (κ2) is 9.17. The molecule has 25 heavy (non-hydrogen) atoms. The molecule has 1 aromatic rings. The molecule has 138 valence electrons. The van der Waals surface area contributed by atoms with Crippen molar-refractivity contribution in [1.82, 2.24) is 4.90 Å². The zero-order valence-electron chi connectivity index (χ0n) is 15.3. The van der Waals surface area contributed by atoms with Crippen LogP contribution in [0.1, 0.15) is 13.8 Å². The smallest absolute Gasteiger partial charge is 0.279 e. The van der Waals surface area contributed by atoms with Crippen molar-refractivity contribution in [2.24, 2.45) is 0 Å². The number of carbonyl (C=O) groups excluding carboxylic acids is 2. The SMILES string of the molecule is CC(C)N(C)C(=O)C[NH+]1CC[NH+](CC(=O)Nc2ccccc2Cl)CC1. The van der Waals surface area contributed by atoms with Gasteiger partial charge in [0, 0.05) is 13.1 Å². The zero-order chi connectivity index (χ0) is 18.4. The van der Waals surface area contributed by atoms with E-state index in [0.717, 1.165) is 26.2 Å². The average molecular weight is 369 g/mol. The number of anilines is 1. The van der Waals surface area contributed by atoms with Gasteiger partial charge in [0.15, 0.2) is 13.1 Å². The van der Waals surface area contributed by atoms with Gasteiger partial charge in [0.05, 0.1) is 10.7 Å². The molecule has 1 heterocycles. The summed E-state index contributed by atoms with van der Waals surface area (Å²) in [6.07, 6.45) is 0. The monoisotopic (exact) mass is 368 g/mol. The molecule has 2 amide bonds. The molecule has 1 saturated heterocycles. The first-order valence-corrected chi connectivity index (χ1v) is 9.21. The number of halogens is 1. The lowest BCUT2D eigenvalue weighted by Crippen LogP contribution is -3.28. The summed E-state index contributed by atoms with van der Waals surface area (Å²) >= 11 is 6.07. The van der Waals surface area contributed by atoms with Crippen molar-refractivity contribution in [3.8, 4) is 0 Å². The summed E-state index contributed by atoms with van der Waals surface area (Å²) in [5.41, 5.74) is 0.653. The summed E-state index contributed by atoms with van der Waals surface area (Å²) < 4.78 is 0. The third-order valence-electron chi connectivity index (χ3n) is 4.79. The third kappa shape index (κ3) is 5.99. The normalized spacial score (nSPS) is 20.4. The molecule has 1 aliphatic heterocycles. The molecule has 0 radical (unpaired) electrons.